The van der Waals surface area contributed by atoms with Crippen LogP contribution in [0.15, 0.2) is 47.5 Å². The zero-order valence-electron chi connectivity index (χ0n) is 15.9. The highest BCUT2D eigenvalue weighted by Gasteiger charge is 2.31. The van der Waals surface area contributed by atoms with E-state index in [2.05, 4.69) is 10.3 Å². The molecule has 0 spiro atoms. The summed E-state index contributed by atoms with van der Waals surface area (Å²) in [5, 5.41) is 7.73. The van der Waals surface area contributed by atoms with Crippen LogP contribution < -0.4 is 10.5 Å². The summed E-state index contributed by atoms with van der Waals surface area (Å²) in [6.45, 7) is 1.96. The third kappa shape index (κ3) is 4.62. The summed E-state index contributed by atoms with van der Waals surface area (Å²) >= 11 is 0. The summed E-state index contributed by atoms with van der Waals surface area (Å²) in [5.41, 5.74) is 0.589. The number of rotatable bonds is 6. The molecule has 0 unspecified atom stereocenters. The van der Waals surface area contributed by atoms with Crippen molar-refractivity contribution >= 4 is 21.6 Å². The molecule has 3 aromatic rings. The summed E-state index contributed by atoms with van der Waals surface area (Å²) in [6, 6.07) is 8.04. The van der Waals surface area contributed by atoms with Crippen LogP contribution in [0.2, 0.25) is 0 Å². The first kappa shape index (κ1) is 21.8. The Morgan fingerprint density at radius 2 is 1.83 bits per heavy atom. The van der Waals surface area contributed by atoms with E-state index in [0.717, 1.165) is 22.2 Å². The summed E-state index contributed by atoms with van der Waals surface area (Å²) in [4.78, 5) is 16.9. The van der Waals surface area contributed by atoms with Crippen molar-refractivity contribution in [1.29, 1.82) is 0 Å². The number of carbonyl (C=O) groups excluding carboxylic acids is 1. The molecule has 0 saturated heterocycles. The molecule has 3 rings (SSSR count). The van der Waals surface area contributed by atoms with Crippen molar-refractivity contribution in [3.63, 3.8) is 0 Å². The molecular formula is C19H19F3N4O3S. The fourth-order valence-corrected chi connectivity index (χ4v) is 3.51. The molecule has 0 aliphatic rings. The van der Waals surface area contributed by atoms with Gasteiger partial charge in [-0.3, -0.25) is 9.20 Å². The number of amides is 1. The molecular weight excluding hydrogens is 421 g/mol. The number of hydrogen-bond acceptors (Lipinski definition) is 4. The first-order chi connectivity index (χ1) is 14.0. The Morgan fingerprint density at radius 3 is 2.40 bits per heavy atom. The molecule has 7 nitrogen and oxygen atoms in total. The van der Waals surface area contributed by atoms with Crippen LogP contribution >= 0.6 is 0 Å². The minimum Gasteiger partial charge on any atom is -0.350 e. The van der Waals surface area contributed by atoms with E-state index in [1.807, 2.05) is 0 Å². The number of nitrogens with two attached hydrogens (primary N) is 1. The average molecular weight is 440 g/mol. The van der Waals surface area contributed by atoms with Crippen molar-refractivity contribution in [3.05, 3.63) is 65.1 Å². The van der Waals surface area contributed by atoms with Crippen LogP contribution in [0.25, 0.3) is 5.65 Å². The topological polar surface area (TPSA) is 107 Å². The van der Waals surface area contributed by atoms with E-state index in [4.69, 9.17) is 5.14 Å². The minimum absolute atomic E-state index is 0.0194. The van der Waals surface area contributed by atoms with Crippen LogP contribution in [0.1, 0.15) is 34.2 Å². The number of carbonyl (C=O) groups is 1. The van der Waals surface area contributed by atoms with E-state index in [0.29, 0.717) is 18.5 Å². The lowest BCUT2D eigenvalue weighted by atomic mass is 10.1. The molecule has 1 aromatic carbocycles. The van der Waals surface area contributed by atoms with Crippen molar-refractivity contribution in [2.45, 2.75) is 30.8 Å². The summed E-state index contributed by atoms with van der Waals surface area (Å²) in [7, 11) is -3.79. The number of aryl methyl sites for hydroxylation is 1. The number of benzene rings is 1. The molecule has 11 heteroatoms. The molecule has 2 aromatic heterocycles. The first-order valence-electron chi connectivity index (χ1n) is 8.99. The van der Waals surface area contributed by atoms with E-state index in [-0.39, 0.29) is 22.8 Å². The first-order valence-corrected chi connectivity index (χ1v) is 10.5. The predicted octanol–water partition coefficient (Wildman–Crippen LogP) is 2.54. The maximum atomic E-state index is 13.0. The maximum absolute atomic E-state index is 13.0. The SMILES string of the molecule is CCc1nc2ccc(C(F)(F)F)cn2c1C(=O)NCCc1ccc(S(N)(=O)=O)cc1. The highest BCUT2D eigenvalue weighted by Crippen LogP contribution is 2.30. The van der Waals surface area contributed by atoms with Crippen LogP contribution in [0.5, 0.6) is 0 Å². The minimum atomic E-state index is -4.54. The van der Waals surface area contributed by atoms with Crippen LogP contribution in [-0.2, 0) is 29.0 Å². The number of nitrogens with zero attached hydrogens (tertiary/aromatic N) is 2. The normalized spacial score (nSPS) is 12.3. The lowest BCUT2D eigenvalue weighted by Crippen LogP contribution is -2.28. The molecule has 0 fully saturated rings. The molecule has 0 atom stereocenters. The van der Waals surface area contributed by atoms with Gasteiger partial charge in [-0.1, -0.05) is 19.1 Å². The Hall–Kier alpha value is -2.92. The Kier molecular flexibility index (Phi) is 5.86. The largest absolute Gasteiger partial charge is 0.417 e. The number of pyridine rings is 1. The predicted molar refractivity (Wildman–Crippen MR) is 103 cm³/mol. The number of imidazole rings is 1. The summed E-state index contributed by atoms with van der Waals surface area (Å²) in [6.07, 6.45) is -2.91. The fraction of sp³-hybridized carbons (Fsp3) is 0.263. The van der Waals surface area contributed by atoms with Crippen molar-refractivity contribution in [2.75, 3.05) is 6.54 Å². The Morgan fingerprint density at radius 1 is 1.17 bits per heavy atom. The number of hydrogen-bond donors (Lipinski definition) is 2. The van der Waals surface area contributed by atoms with Crippen LogP contribution in [0.3, 0.4) is 0 Å². The third-order valence-corrected chi connectivity index (χ3v) is 5.45. The third-order valence-electron chi connectivity index (χ3n) is 4.52. The molecule has 3 N–H and O–H groups in total. The molecule has 30 heavy (non-hydrogen) atoms. The monoisotopic (exact) mass is 440 g/mol. The van der Waals surface area contributed by atoms with Gasteiger partial charge in [0.15, 0.2) is 0 Å². The number of alkyl halides is 3. The van der Waals surface area contributed by atoms with E-state index in [1.54, 1.807) is 19.1 Å². The van der Waals surface area contributed by atoms with Gasteiger partial charge in [0.05, 0.1) is 16.2 Å². The molecule has 2 heterocycles. The van der Waals surface area contributed by atoms with Gasteiger partial charge in [-0.2, -0.15) is 13.2 Å². The standard InChI is InChI=1S/C19H19F3N4O3S/c1-2-15-17(26-11-13(19(20,21)22)5-8-16(26)25-15)18(27)24-10-9-12-3-6-14(7-4-12)30(23,28)29/h3-8,11H,2,9-10H2,1H3,(H,24,27)(H2,23,28,29). The van der Waals surface area contributed by atoms with Gasteiger partial charge in [0.25, 0.3) is 5.91 Å². The van der Waals surface area contributed by atoms with Gasteiger partial charge in [-0.15, -0.1) is 0 Å². The molecule has 0 radical (unpaired) electrons. The number of sulfonamides is 1. The van der Waals surface area contributed by atoms with Gasteiger partial charge in [-0.05, 0) is 42.7 Å². The summed E-state index contributed by atoms with van der Waals surface area (Å²) in [5.74, 6) is -0.542. The Bertz CT molecular complexity index is 1190. The maximum Gasteiger partial charge on any atom is 0.417 e. The second-order valence-corrected chi connectivity index (χ2v) is 8.16. The number of aromatic nitrogens is 2. The summed E-state index contributed by atoms with van der Waals surface area (Å²) < 4.78 is 62.8. The molecule has 0 saturated carbocycles. The molecule has 160 valence electrons. The zero-order chi connectivity index (χ0) is 22.1. The van der Waals surface area contributed by atoms with E-state index >= 15 is 0 Å². The number of primary sulfonamides is 1. The van der Waals surface area contributed by atoms with Crippen LogP contribution in [-0.4, -0.2) is 30.3 Å². The molecule has 0 aliphatic heterocycles. The zero-order valence-corrected chi connectivity index (χ0v) is 16.7. The van der Waals surface area contributed by atoms with E-state index in [1.165, 1.54) is 18.2 Å². The van der Waals surface area contributed by atoms with Gasteiger partial charge in [0, 0.05) is 12.7 Å². The fourth-order valence-electron chi connectivity index (χ4n) is 3.00. The Labute approximate surface area is 170 Å². The number of fused-ring (bicyclic) bond motifs is 1. The van der Waals surface area contributed by atoms with Crippen LogP contribution in [0.4, 0.5) is 13.2 Å². The second kappa shape index (κ2) is 8.07. The van der Waals surface area contributed by atoms with E-state index in [9.17, 15) is 26.4 Å². The lowest BCUT2D eigenvalue weighted by molar-refractivity contribution is -0.137. The molecule has 1 amide bonds. The highest BCUT2D eigenvalue weighted by molar-refractivity contribution is 7.89. The van der Waals surface area contributed by atoms with Gasteiger partial charge < -0.3 is 5.32 Å². The number of nitrogens with one attached hydrogen (secondary N) is 1. The van der Waals surface area contributed by atoms with Crippen molar-refractivity contribution < 1.29 is 26.4 Å². The molecule has 0 bridgehead atoms. The van der Waals surface area contributed by atoms with Crippen molar-refractivity contribution in [1.82, 2.24) is 14.7 Å². The Balaban J connectivity index is 1.77. The van der Waals surface area contributed by atoms with Gasteiger partial charge in [-0.25, -0.2) is 18.5 Å². The van der Waals surface area contributed by atoms with Gasteiger partial charge in [0.1, 0.15) is 11.3 Å². The van der Waals surface area contributed by atoms with Gasteiger partial charge in [0.2, 0.25) is 10.0 Å². The lowest BCUT2D eigenvalue weighted by Gasteiger charge is -2.10. The van der Waals surface area contributed by atoms with E-state index < -0.39 is 27.7 Å². The van der Waals surface area contributed by atoms with Crippen LogP contribution in [0, 0.1) is 0 Å². The smallest absolute Gasteiger partial charge is 0.350 e. The second-order valence-electron chi connectivity index (χ2n) is 6.60. The number of halogens is 3. The van der Waals surface area contributed by atoms with Crippen molar-refractivity contribution in [3.8, 4) is 0 Å². The van der Waals surface area contributed by atoms with Crippen molar-refractivity contribution in [2.24, 2.45) is 5.14 Å². The quantitative estimate of drug-likeness (QED) is 0.614. The highest BCUT2D eigenvalue weighted by atomic mass is 32.2. The average Bonchev–Trinajstić information content (AvgIpc) is 3.05. The van der Waals surface area contributed by atoms with Gasteiger partial charge >= 0.3 is 6.18 Å². The molecule has 0 aliphatic carbocycles.